The van der Waals surface area contributed by atoms with Gasteiger partial charge in [-0.15, -0.1) is 11.8 Å². The molecule has 3 amide bonds. The number of hydrogen-bond acceptors (Lipinski definition) is 6. The molecule has 8 nitrogen and oxygen atoms in total. The lowest BCUT2D eigenvalue weighted by Crippen LogP contribution is -2.30. The van der Waals surface area contributed by atoms with Crippen molar-refractivity contribution in [2.75, 3.05) is 24.9 Å². The van der Waals surface area contributed by atoms with Crippen LogP contribution in [0.15, 0.2) is 132 Å². The summed E-state index contributed by atoms with van der Waals surface area (Å²) in [6.45, 7) is 0. The van der Waals surface area contributed by atoms with Gasteiger partial charge in [0.15, 0.2) is 0 Å². The average Bonchev–Trinajstić information content (AvgIpc) is 3.13. The van der Waals surface area contributed by atoms with Gasteiger partial charge in [0.25, 0.3) is 11.8 Å². The number of anilines is 2. The monoisotopic (exact) mass is 695 g/mol. The molecule has 0 spiro atoms. The molecule has 0 heterocycles. The molecule has 3 N–H and O–H groups in total. The third-order valence-corrected chi connectivity index (χ3v) is 8.72. The topological polar surface area (TPSA) is 106 Å². The number of amides is 3. The lowest BCUT2D eigenvalue weighted by molar-refractivity contribution is -0.116. The number of thioether (sulfide) groups is 1. The summed E-state index contributed by atoms with van der Waals surface area (Å²) in [5.74, 6) is -0.925. The molecule has 5 aromatic rings. The zero-order valence-corrected chi connectivity index (χ0v) is 28.0. The molecule has 0 aliphatic carbocycles. The smallest absolute Gasteiger partial charge is 0.272 e. The summed E-state index contributed by atoms with van der Waals surface area (Å²) in [5.41, 5.74) is 2.49. The minimum Gasteiger partial charge on any atom is -0.497 e. The minimum atomic E-state index is -0.660. The minimum absolute atomic E-state index is 0.0162. The number of carbonyl (C=O) groups excluding carboxylic acids is 3. The normalized spacial score (nSPS) is 11.6. The highest BCUT2D eigenvalue weighted by atomic mass is 35.5. The second kappa shape index (κ2) is 16.5. The highest BCUT2D eigenvalue weighted by Gasteiger charge is 2.23. The molecule has 0 saturated carbocycles. The van der Waals surface area contributed by atoms with Crippen molar-refractivity contribution in [3.8, 4) is 11.5 Å². The van der Waals surface area contributed by atoms with Gasteiger partial charge in [0.2, 0.25) is 5.91 Å². The van der Waals surface area contributed by atoms with Crippen LogP contribution in [0.5, 0.6) is 11.5 Å². The van der Waals surface area contributed by atoms with Crippen molar-refractivity contribution in [2.24, 2.45) is 0 Å². The van der Waals surface area contributed by atoms with Crippen LogP contribution in [-0.4, -0.2) is 31.9 Å². The van der Waals surface area contributed by atoms with Crippen LogP contribution in [0.2, 0.25) is 5.02 Å². The van der Waals surface area contributed by atoms with Crippen LogP contribution in [0.3, 0.4) is 0 Å². The number of carbonyl (C=O) groups is 3. The van der Waals surface area contributed by atoms with E-state index in [1.54, 1.807) is 72.8 Å². The first-order valence-electron chi connectivity index (χ1n) is 14.9. The molecular weight excluding hydrogens is 665 g/mol. The van der Waals surface area contributed by atoms with Crippen LogP contribution in [0.4, 0.5) is 15.8 Å². The van der Waals surface area contributed by atoms with Gasteiger partial charge in [0, 0.05) is 33.5 Å². The van der Waals surface area contributed by atoms with E-state index in [4.69, 9.17) is 21.1 Å². The largest absolute Gasteiger partial charge is 0.497 e. The van der Waals surface area contributed by atoms with Gasteiger partial charge in [-0.2, -0.15) is 0 Å². The summed E-state index contributed by atoms with van der Waals surface area (Å²) in [5, 5.41) is 7.62. The Morgan fingerprint density at radius 3 is 2.10 bits per heavy atom. The lowest BCUT2D eigenvalue weighted by Gasteiger charge is -2.18. The molecule has 1 unspecified atom stereocenters. The van der Waals surface area contributed by atoms with Crippen molar-refractivity contribution < 1.29 is 28.2 Å². The highest BCUT2D eigenvalue weighted by molar-refractivity contribution is 8.00. The number of methoxy groups -OCH3 is 2. The SMILES string of the molecule is COc1ccc(/C=C(\NC(=O)c2ccccc2)C(=O)Nc2ccc(SC(C(=O)Nc3ccc(F)c(Cl)c3)c3ccccc3)cc2)c(OC)c1. The zero-order chi connectivity index (χ0) is 34.8. The van der Waals surface area contributed by atoms with Gasteiger partial charge in [-0.1, -0.05) is 60.1 Å². The third kappa shape index (κ3) is 9.28. The van der Waals surface area contributed by atoms with E-state index in [0.29, 0.717) is 34.0 Å². The van der Waals surface area contributed by atoms with E-state index in [1.165, 1.54) is 50.3 Å². The molecule has 5 rings (SSSR count). The first kappa shape index (κ1) is 34.7. The Morgan fingerprint density at radius 2 is 1.45 bits per heavy atom. The van der Waals surface area contributed by atoms with Gasteiger partial charge in [-0.3, -0.25) is 14.4 Å². The predicted molar refractivity (Wildman–Crippen MR) is 192 cm³/mol. The Hall–Kier alpha value is -5.58. The molecular formula is C38H31ClFN3O5S. The predicted octanol–water partition coefficient (Wildman–Crippen LogP) is 8.38. The first-order valence-corrected chi connectivity index (χ1v) is 16.2. The first-order chi connectivity index (χ1) is 23.7. The van der Waals surface area contributed by atoms with Crippen LogP contribution in [0.1, 0.15) is 26.7 Å². The van der Waals surface area contributed by atoms with Crippen molar-refractivity contribution in [3.63, 3.8) is 0 Å². The summed E-state index contributed by atoms with van der Waals surface area (Å²) in [4.78, 5) is 40.9. The quantitative estimate of drug-likeness (QED) is 0.0895. The molecule has 49 heavy (non-hydrogen) atoms. The average molecular weight is 696 g/mol. The summed E-state index contributed by atoms with van der Waals surface area (Å²) < 4.78 is 24.5. The van der Waals surface area contributed by atoms with Gasteiger partial charge in [-0.25, -0.2) is 4.39 Å². The van der Waals surface area contributed by atoms with Gasteiger partial charge < -0.3 is 25.4 Å². The molecule has 11 heteroatoms. The highest BCUT2D eigenvalue weighted by Crippen LogP contribution is 2.37. The van der Waals surface area contributed by atoms with Crippen LogP contribution >= 0.6 is 23.4 Å². The molecule has 1 atom stereocenters. The summed E-state index contributed by atoms with van der Waals surface area (Å²) in [7, 11) is 3.03. The van der Waals surface area contributed by atoms with Crippen LogP contribution in [0, 0.1) is 5.82 Å². The Morgan fingerprint density at radius 1 is 0.776 bits per heavy atom. The van der Waals surface area contributed by atoms with E-state index in [2.05, 4.69) is 16.0 Å². The van der Waals surface area contributed by atoms with Crippen molar-refractivity contribution in [3.05, 3.63) is 155 Å². The molecule has 0 aromatic heterocycles. The van der Waals surface area contributed by atoms with Crippen molar-refractivity contribution in [1.29, 1.82) is 0 Å². The van der Waals surface area contributed by atoms with E-state index in [1.807, 2.05) is 30.3 Å². The third-order valence-electron chi connectivity index (χ3n) is 7.16. The molecule has 0 radical (unpaired) electrons. The van der Waals surface area contributed by atoms with Crippen LogP contribution in [-0.2, 0) is 9.59 Å². The van der Waals surface area contributed by atoms with Gasteiger partial charge in [0.1, 0.15) is 28.3 Å². The molecule has 0 saturated heterocycles. The summed E-state index contributed by atoms with van der Waals surface area (Å²) in [6, 6.07) is 33.8. The maximum Gasteiger partial charge on any atom is 0.272 e. The van der Waals surface area contributed by atoms with E-state index >= 15 is 0 Å². The van der Waals surface area contributed by atoms with Crippen LogP contribution < -0.4 is 25.4 Å². The lowest BCUT2D eigenvalue weighted by atomic mass is 10.1. The second-order valence-electron chi connectivity index (χ2n) is 10.5. The molecule has 0 aliphatic rings. The Kier molecular flexibility index (Phi) is 11.7. The van der Waals surface area contributed by atoms with Crippen molar-refractivity contribution in [2.45, 2.75) is 10.1 Å². The number of ether oxygens (including phenoxy) is 2. The summed E-state index contributed by atoms with van der Waals surface area (Å²) >= 11 is 7.22. The van der Waals surface area contributed by atoms with E-state index in [0.717, 1.165) is 10.5 Å². The molecule has 0 bridgehead atoms. The molecule has 0 fully saturated rings. The number of benzene rings is 5. The maximum absolute atomic E-state index is 13.7. The Balaban J connectivity index is 1.36. The Labute approximate surface area is 292 Å². The van der Waals surface area contributed by atoms with Crippen LogP contribution in [0.25, 0.3) is 6.08 Å². The fraction of sp³-hybridized carbons (Fsp3) is 0.0789. The number of halogens is 2. The number of hydrogen-bond donors (Lipinski definition) is 3. The fourth-order valence-corrected chi connectivity index (χ4v) is 5.87. The number of nitrogens with one attached hydrogen (secondary N) is 3. The van der Waals surface area contributed by atoms with Crippen molar-refractivity contribution >= 4 is 58.5 Å². The van der Waals surface area contributed by atoms with Gasteiger partial charge in [0.05, 0.1) is 19.2 Å². The Bertz CT molecular complexity index is 1980. The van der Waals surface area contributed by atoms with Gasteiger partial charge in [-0.05, 0) is 78.4 Å². The molecule has 0 aliphatic heterocycles. The fourth-order valence-electron chi connectivity index (χ4n) is 4.67. The zero-order valence-electron chi connectivity index (χ0n) is 26.4. The summed E-state index contributed by atoms with van der Waals surface area (Å²) in [6.07, 6.45) is 1.52. The van der Waals surface area contributed by atoms with E-state index in [9.17, 15) is 18.8 Å². The second-order valence-corrected chi connectivity index (χ2v) is 12.1. The maximum atomic E-state index is 13.7. The standard InChI is InChI=1S/C38H31ClFN3O5S/c1-47-29-17-13-26(34(23-29)48-2)21-33(43-36(44)25-11-7-4-8-12-25)37(45)41-27-14-18-30(19-15-27)49-35(24-9-5-3-6-10-24)38(46)42-28-16-20-32(40)31(39)22-28/h3-23,35H,1-2H3,(H,41,45)(H,42,46)(H,43,44)/b33-21-. The van der Waals surface area contributed by atoms with E-state index in [-0.39, 0.29) is 16.6 Å². The van der Waals surface area contributed by atoms with Gasteiger partial charge >= 0.3 is 0 Å². The van der Waals surface area contributed by atoms with Crippen molar-refractivity contribution in [1.82, 2.24) is 5.32 Å². The van der Waals surface area contributed by atoms with E-state index < -0.39 is 22.9 Å². The molecule has 5 aromatic carbocycles. The molecule has 248 valence electrons. The number of rotatable bonds is 12.